The Labute approximate surface area is 97.9 Å². The molecule has 1 rings (SSSR count). The molecule has 0 amide bonds. The second kappa shape index (κ2) is 5.51. The van der Waals surface area contributed by atoms with Gasteiger partial charge in [-0.15, -0.1) is 0 Å². The van der Waals surface area contributed by atoms with Crippen LogP contribution in [0, 0.1) is 12.3 Å². The Morgan fingerprint density at radius 3 is 2.62 bits per heavy atom. The molecule has 2 unspecified atom stereocenters. The summed E-state index contributed by atoms with van der Waals surface area (Å²) in [6.45, 7) is 9.50. The van der Waals surface area contributed by atoms with Crippen molar-refractivity contribution in [1.82, 2.24) is 5.32 Å². The van der Waals surface area contributed by atoms with E-state index < -0.39 is 0 Å². The number of rotatable bonds is 6. The van der Waals surface area contributed by atoms with E-state index in [9.17, 15) is 5.11 Å². The van der Waals surface area contributed by atoms with Crippen molar-refractivity contribution in [3.05, 3.63) is 23.7 Å². The summed E-state index contributed by atoms with van der Waals surface area (Å²) >= 11 is 0. The van der Waals surface area contributed by atoms with E-state index in [-0.39, 0.29) is 11.5 Å². The van der Waals surface area contributed by atoms with Gasteiger partial charge >= 0.3 is 0 Å². The molecule has 0 radical (unpaired) electrons. The summed E-state index contributed by atoms with van der Waals surface area (Å²) in [6, 6.07) is 3.94. The van der Waals surface area contributed by atoms with Gasteiger partial charge < -0.3 is 14.8 Å². The Kier molecular flexibility index (Phi) is 4.56. The van der Waals surface area contributed by atoms with E-state index in [2.05, 4.69) is 19.2 Å². The van der Waals surface area contributed by atoms with Crippen LogP contribution in [0.2, 0.25) is 0 Å². The molecule has 0 fully saturated rings. The van der Waals surface area contributed by atoms with Gasteiger partial charge in [-0.25, -0.2) is 0 Å². The van der Waals surface area contributed by atoms with E-state index in [1.807, 2.05) is 26.0 Å². The lowest BCUT2D eigenvalue weighted by Gasteiger charge is -2.31. The summed E-state index contributed by atoms with van der Waals surface area (Å²) in [5.41, 5.74) is -0.0678. The molecule has 2 N–H and O–H groups in total. The van der Waals surface area contributed by atoms with Crippen LogP contribution in [0.25, 0.3) is 0 Å². The van der Waals surface area contributed by atoms with Gasteiger partial charge in [-0.1, -0.05) is 13.8 Å². The summed E-state index contributed by atoms with van der Waals surface area (Å²) in [5.74, 6) is 1.88. The molecule has 16 heavy (non-hydrogen) atoms. The smallest absolute Gasteiger partial charge is 0.117 e. The minimum atomic E-state index is -0.302. The predicted molar refractivity (Wildman–Crippen MR) is 65.2 cm³/mol. The van der Waals surface area contributed by atoms with Gasteiger partial charge in [-0.3, -0.25) is 0 Å². The van der Waals surface area contributed by atoms with E-state index in [1.165, 1.54) is 0 Å². The quantitative estimate of drug-likeness (QED) is 0.781. The van der Waals surface area contributed by atoms with Crippen LogP contribution in [0.5, 0.6) is 0 Å². The van der Waals surface area contributed by atoms with Crippen LogP contribution in [-0.2, 0) is 6.54 Å². The molecule has 0 aliphatic rings. The standard InChI is InChI=1S/C13H23NO2/c1-5-13(4,11(3)15)9-14-8-12-7-6-10(2)16-12/h6-7,11,14-15H,5,8-9H2,1-4H3. The van der Waals surface area contributed by atoms with Crippen LogP contribution in [0.1, 0.15) is 38.7 Å². The van der Waals surface area contributed by atoms with Crippen LogP contribution in [0.4, 0.5) is 0 Å². The fourth-order valence-corrected chi connectivity index (χ4v) is 1.62. The lowest BCUT2D eigenvalue weighted by Crippen LogP contribution is -2.39. The Hall–Kier alpha value is -0.800. The van der Waals surface area contributed by atoms with Gasteiger partial charge in [0, 0.05) is 12.0 Å². The topological polar surface area (TPSA) is 45.4 Å². The lowest BCUT2D eigenvalue weighted by atomic mass is 9.82. The maximum atomic E-state index is 9.71. The fourth-order valence-electron chi connectivity index (χ4n) is 1.62. The van der Waals surface area contributed by atoms with E-state index in [0.717, 1.165) is 31.0 Å². The van der Waals surface area contributed by atoms with Crippen molar-refractivity contribution in [3.8, 4) is 0 Å². The highest BCUT2D eigenvalue weighted by Crippen LogP contribution is 2.24. The minimum Gasteiger partial charge on any atom is -0.465 e. The lowest BCUT2D eigenvalue weighted by molar-refractivity contribution is 0.0485. The molecular weight excluding hydrogens is 202 g/mol. The van der Waals surface area contributed by atoms with Gasteiger partial charge in [0.05, 0.1) is 12.6 Å². The largest absolute Gasteiger partial charge is 0.465 e. The molecule has 0 aromatic carbocycles. The number of furan rings is 1. The van der Waals surface area contributed by atoms with Crippen molar-refractivity contribution in [2.24, 2.45) is 5.41 Å². The van der Waals surface area contributed by atoms with Crippen molar-refractivity contribution in [3.63, 3.8) is 0 Å². The normalized spacial score (nSPS) is 17.1. The van der Waals surface area contributed by atoms with Gasteiger partial charge in [0.15, 0.2) is 0 Å². The minimum absolute atomic E-state index is 0.0678. The van der Waals surface area contributed by atoms with Crippen LogP contribution < -0.4 is 5.32 Å². The highest BCUT2D eigenvalue weighted by molar-refractivity contribution is 5.05. The van der Waals surface area contributed by atoms with Gasteiger partial charge in [0.25, 0.3) is 0 Å². The predicted octanol–water partition coefficient (Wildman–Crippen LogP) is 2.47. The van der Waals surface area contributed by atoms with Crippen LogP contribution >= 0.6 is 0 Å². The van der Waals surface area contributed by atoms with E-state index in [0.29, 0.717) is 0 Å². The maximum absolute atomic E-state index is 9.71. The van der Waals surface area contributed by atoms with Gasteiger partial charge in [-0.05, 0) is 32.4 Å². The van der Waals surface area contributed by atoms with Crippen molar-refractivity contribution >= 4 is 0 Å². The first-order valence-electron chi connectivity index (χ1n) is 5.92. The van der Waals surface area contributed by atoms with Crippen molar-refractivity contribution in [2.75, 3.05) is 6.54 Å². The van der Waals surface area contributed by atoms with Crippen LogP contribution in [0.3, 0.4) is 0 Å². The molecule has 92 valence electrons. The molecule has 0 saturated carbocycles. The zero-order chi connectivity index (χ0) is 12.2. The van der Waals surface area contributed by atoms with Crippen LogP contribution in [-0.4, -0.2) is 17.8 Å². The van der Waals surface area contributed by atoms with Gasteiger partial charge in [0.1, 0.15) is 11.5 Å². The molecule has 3 heteroatoms. The van der Waals surface area contributed by atoms with Gasteiger partial charge in [0.2, 0.25) is 0 Å². The van der Waals surface area contributed by atoms with E-state index in [4.69, 9.17) is 4.42 Å². The highest BCUT2D eigenvalue weighted by Gasteiger charge is 2.27. The van der Waals surface area contributed by atoms with Crippen molar-refractivity contribution in [1.29, 1.82) is 0 Å². The number of hydrogen-bond donors (Lipinski definition) is 2. The third kappa shape index (κ3) is 3.35. The molecule has 2 atom stereocenters. The first-order valence-corrected chi connectivity index (χ1v) is 5.92. The van der Waals surface area contributed by atoms with E-state index in [1.54, 1.807) is 0 Å². The molecule has 0 spiro atoms. The highest BCUT2D eigenvalue weighted by atomic mass is 16.3. The van der Waals surface area contributed by atoms with Crippen molar-refractivity contribution < 1.29 is 9.52 Å². The molecule has 1 aromatic rings. The monoisotopic (exact) mass is 225 g/mol. The average molecular weight is 225 g/mol. The number of nitrogens with one attached hydrogen (secondary N) is 1. The zero-order valence-corrected chi connectivity index (χ0v) is 10.7. The summed E-state index contributed by atoms with van der Waals surface area (Å²) in [7, 11) is 0. The number of aryl methyl sites for hydroxylation is 1. The third-order valence-corrected chi connectivity index (χ3v) is 3.44. The molecule has 0 aliphatic heterocycles. The van der Waals surface area contributed by atoms with E-state index >= 15 is 0 Å². The summed E-state index contributed by atoms with van der Waals surface area (Å²) < 4.78 is 5.47. The third-order valence-electron chi connectivity index (χ3n) is 3.44. The zero-order valence-electron chi connectivity index (χ0n) is 10.7. The number of hydrogen-bond acceptors (Lipinski definition) is 3. The second-order valence-corrected chi connectivity index (χ2v) is 4.80. The summed E-state index contributed by atoms with van der Waals surface area (Å²) in [5, 5.41) is 13.0. The fraction of sp³-hybridized carbons (Fsp3) is 0.692. The molecule has 3 nitrogen and oxygen atoms in total. The first-order chi connectivity index (χ1) is 7.48. The Morgan fingerprint density at radius 1 is 1.50 bits per heavy atom. The number of aliphatic hydroxyl groups excluding tert-OH is 1. The Balaban J connectivity index is 2.39. The molecule has 1 heterocycles. The molecule has 0 saturated heterocycles. The van der Waals surface area contributed by atoms with Crippen LogP contribution in [0.15, 0.2) is 16.5 Å². The summed E-state index contributed by atoms with van der Waals surface area (Å²) in [4.78, 5) is 0. The van der Waals surface area contributed by atoms with Crippen molar-refractivity contribution in [2.45, 2.75) is 46.8 Å². The molecular formula is C13H23NO2. The average Bonchev–Trinajstić information content (AvgIpc) is 2.63. The number of aliphatic hydroxyl groups is 1. The summed E-state index contributed by atoms with van der Waals surface area (Å²) in [6.07, 6.45) is 0.651. The Morgan fingerprint density at radius 2 is 2.19 bits per heavy atom. The first kappa shape index (κ1) is 13.3. The molecule has 0 bridgehead atoms. The Bertz CT molecular complexity index is 319. The van der Waals surface area contributed by atoms with Gasteiger partial charge in [-0.2, -0.15) is 0 Å². The molecule has 1 aromatic heterocycles. The molecule has 0 aliphatic carbocycles. The SMILES string of the molecule is CCC(C)(CNCc1ccc(C)o1)C(C)O. The maximum Gasteiger partial charge on any atom is 0.117 e. The second-order valence-electron chi connectivity index (χ2n) is 4.80.